The predicted molar refractivity (Wildman–Crippen MR) is 90.7 cm³/mol. The molecule has 0 aliphatic rings. The van der Waals surface area contributed by atoms with Crippen LogP contribution in [-0.4, -0.2) is 31.1 Å². The van der Waals surface area contributed by atoms with E-state index in [1.807, 2.05) is 55.5 Å². The summed E-state index contributed by atoms with van der Waals surface area (Å²) >= 11 is 0. The van der Waals surface area contributed by atoms with Crippen molar-refractivity contribution in [2.45, 2.75) is 26.5 Å². The second-order valence-corrected chi connectivity index (χ2v) is 5.57. The molecule has 0 aliphatic carbocycles. The SMILES string of the molecule is COc1ccc(CN(C)C(=O)[C@H](C)Oc2ccccc2C)cc1. The molecule has 0 fully saturated rings. The monoisotopic (exact) mass is 313 g/mol. The lowest BCUT2D eigenvalue weighted by molar-refractivity contribution is -0.137. The van der Waals surface area contributed by atoms with E-state index in [0.29, 0.717) is 6.54 Å². The van der Waals surface area contributed by atoms with Gasteiger partial charge in [0.15, 0.2) is 6.10 Å². The topological polar surface area (TPSA) is 38.8 Å². The maximum absolute atomic E-state index is 12.5. The minimum absolute atomic E-state index is 0.0518. The summed E-state index contributed by atoms with van der Waals surface area (Å²) in [6, 6.07) is 15.4. The summed E-state index contributed by atoms with van der Waals surface area (Å²) in [7, 11) is 3.42. The van der Waals surface area contributed by atoms with Crippen LogP contribution in [0.2, 0.25) is 0 Å². The second kappa shape index (κ2) is 7.68. The van der Waals surface area contributed by atoms with E-state index < -0.39 is 6.10 Å². The molecule has 2 aromatic carbocycles. The van der Waals surface area contributed by atoms with E-state index in [2.05, 4.69) is 0 Å². The van der Waals surface area contributed by atoms with Crippen molar-refractivity contribution >= 4 is 5.91 Å². The van der Waals surface area contributed by atoms with Gasteiger partial charge in [-0.15, -0.1) is 0 Å². The van der Waals surface area contributed by atoms with E-state index in [1.54, 1.807) is 26.0 Å². The van der Waals surface area contributed by atoms with E-state index in [1.165, 1.54) is 0 Å². The van der Waals surface area contributed by atoms with Crippen molar-refractivity contribution in [3.05, 3.63) is 59.7 Å². The quantitative estimate of drug-likeness (QED) is 0.820. The van der Waals surface area contributed by atoms with Gasteiger partial charge in [-0.25, -0.2) is 0 Å². The van der Waals surface area contributed by atoms with Gasteiger partial charge >= 0.3 is 0 Å². The highest BCUT2D eigenvalue weighted by molar-refractivity contribution is 5.80. The third-order valence-corrected chi connectivity index (χ3v) is 3.70. The smallest absolute Gasteiger partial charge is 0.263 e. The summed E-state index contributed by atoms with van der Waals surface area (Å²) in [6.45, 7) is 4.27. The first-order valence-corrected chi connectivity index (χ1v) is 7.61. The predicted octanol–water partition coefficient (Wildman–Crippen LogP) is 3.43. The number of likely N-dealkylation sites (N-methyl/N-ethyl adjacent to an activating group) is 1. The number of aryl methyl sites for hydroxylation is 1. The Labute approximate surface area is 137 Å². The first-order valence-electron chi connectivity index (χ1n) is 7.61. The van der Waals surface area contributed by atoms with Gasteiger partial charge in [0.1, 0.15) is 11.5 Å². The molecule has 0 unspecified atom stereocenters. The highest BCUT2D eigenvalue weighted by Crippen LogP contribution is 2.19. The number of rotatable bonds is 6. The van der Waals surface area contributed by atoms with Crippen molar-refractivity contribution in [3.8, 4) is 11.5 Å². The Kier molecular flexibility index (Phi) is 5.63. The average Bonchev–Trinajstić information content (AvgIpc) is 2.56. The maximum Gasteiger partial charge on any atom is 0.263 e. The van der Waals surface area contributed by atoms with Gasteiger partial charge in [0, 0.05) is 13.6 Å². The highest BCUT2D eigenvalue weighted by Gasteiger charge is 2.19. The number of methoxy groups -OCH3 is 1. The van der Waals surface area contributed by atoms with Gasteiger partial charge in [-0.3, -0.25) is 4.79 Å². The fraction of sp³-hybridized carbons (Fsp3) is 0.316. The molecule has 0 N–H and O–H groups in total. The van der Waals surface area contributed by atoms with E-state index in [9.17, 15) is 4.79 Å². The number of nitrogens with zero attached hydrogens (tertiary/aromatic N) is 1. The molecule has 4 nitrogen and oxygen atoms in total. The zero-order valence-electron chi connectivity index (χ0n) is 14.1. The van der Waals surface area contributed by atoms with Gasteiger partial charge < -0.3 is 14.4 Å². The van der Waals surface area contributed by atoms with Crippen LogP contribution in [0.3, 0.4) is 0 Å². The summed E-state index contributed by atoms with van der Waals surface area (Å²) in [5.74, 6) is 1.49. The van der Waals surface area contributed by atoms with E-state index in [4.69, 9.17) is 9.47 Å². The molecule has 1 amide bonds. The molecule has 0 heterocycles. The molecule has 0 aliphatic heterocycles. The molecule has 0 saturated carbocycles. The average molecular weight is 313 g/mol. The summed E-state index contributed by atoms with van der Waals surface area (Å²) in [6.07, 6.45) is -0.528. The van der Waals surface area contributed by atoms with Crippen LogP contribution in [-0.2, 0) is 11.3 Å². The Morgan fingerprint density at radius 1 is 1.13 bits per heavy atom. The lowest BCUT2D eigenvalue weighted by Crippen LogP contribution is -2.37. The van der Waals surface area contributed by atoms with Crippen molar-refractivity contribution in [1.29, 1.82) is 0 Å². The Morgan fingerprint density at radius 2 is 1.78 bits per heavy atom. The normalized spacial score (nSPS) is 11.7. The first kappa shape index (κ1) is 16.9. The molecule has 2 rings (SSSR count). The van der Waals surface area contributed by atoms with Gasteiger partial charge in [-0.2, -0.15) is 0 Å². The molecule has 2 aromatic rings. The number of carbonyl (C=O) groups is 1. The van der Waals surface area contributed by atoms with Crippen LogP contribution in [0.4, 0.5) is 0 Å². The lowest BCUT2D eigenvalue weighted by Gasteiger charge is -2.23. The van der Waals surface area contributed by atoms with Gasteiger partial charge in [0.2, 0.25) is 0 Å². The van der Waals surface area contributed by atoms with Gasteiger partial charge in [0.25, 0.3) is 5.91 Å². The first-order chi connectivity index (χ1) is 11.0. The van der Waals surface area contributed by atoms with E-state index in [0.717, 1.165) is 22.6 Å². The van der Waals surface area contributed by atoms with E-state index in [-0.39, 0.29) is 5.91 Å². The van der Waals surface area contributed by atoms with Crippen molar-refractivity contribution in [1.82, 2.24) is 4.90 Å². The van der Waals surface area contributed by atoms with Crippen LogP contribution in [0.5, 0.6) is 11.5 Å². The zero-order chi connectivity index (χ0) is 16.8. The minimum Gasteiger partial charge on any atom is -0.497 e. The molecule has 23 heavy (non-hydrogen) atoms. The molecule has 0 bridgehead atoms. The lowest BCUT2D eigenvalue weighted by atomic mass is 10.2. The molecule has 4 heteroatoms. The Balaban J connectivity index is 1.96. The highest BCUT2D eigenvalue weighted by atomic mass is 16.5. The zero-order valence-corrected chi connectivity index (χ0v) is 14.1. The Hall–Kier alpha value is -2.49. The van der Waals surface area contributed by atoms with Crippen LogP contribution in [0.1, 0.15) is 18.1 Å². The summed E-state index contributed by atoms with van der Waals surface area (Å²) in [5.41, 5.74) is 2.06. The molecule has 0 saturated heterocycles. The van der Waals surface area contributed by atoms with Crippen molar-refractivity contribution < 1.29 is 14.3 Å². The third-order valence-electron chi connectivity index (χ3n) is 3.70. The fourth-order valence-electron chi connectivity index (χ4n) is 2.32. The van der Waals surface area contributed by atoms with Crippen LogP contribution >= 0.6 is 0 Å². The number of amides is 1. The number of hydrogen-bond acceptors (Lipinski definition) is 3. The molecular formula is C19H23NO3. The molecule has 0 aromatic heterocycles. The standard InChI is InChI=1S/C19H23NO3/c1-14-7-5-6-8-18(14)23-15(2)19(21)20(3)13-16-9-11-17(22-4)12-10-16/h5-12,15H,13H2,1-4H3/t15-/m0/s1. The molecule has 0 spiro atoms. The maximum atomic E-state index is 12.5. The van der Waals surface area contributed by atoms with E-state index >= 15 is 0 Å². The molecular weight excluding hydrogens is 290 g/mol. The van der Waals surface area contributed by atoms with Gasteiger partial charge in [-0.1, -0.05) is 30.3 Å². The largest absolute Gasteiger partial charge is 0.497 e. The number of benzene rings is 2. The van der Waals surface area contributed by atoms with Crippen LogP contribution in [0.25, 0.3) is 0 Å². The van der Waals surface area contributed by atoms with Crippen molar-refractivity contribution in [3.63, 3.8) is 0 Å². The van der Waals surface area contributed by atoms with Crippen molar-refractivity contribution in [2.75, 3.05) is 14.2 Å². The van der Waals surface area contributed by atoms with Gasteiger partial charge in [0.05, 0.1) is 7.11 Å². The second-order valence-electron chi connectivity index (χ2n) is 5.57. The Bertz CT molecular complexity index is 652. The number of carbonyl (C=O) groups excluding carboxylic acids is 1. The molecule has 122 valence electrons. The number of hydrogen-bond donors (Lipinski definition) is 0. The molecule has 0 radical (unpaired) electrons. The minimum atomic E-state index is -0.528. The van der Waals surface area contributed by atoms with Crippen LogP contribution in [0.15, 0.2) is 48.5 Å². The molecule has 1 atom stereocenters. The van der Waals surface area contributed by atoms with Crippen LogP contribution in [0, 0.1) is 6.92 Å². The van der Waals surface area contributed by atoms with Crippen LogP contribution < -0.4 is 9.47 Å². The number of ether oxygens (including phenoxy) is 2. The van der Waals surface area contributed by atoms with Gasteiger partial charge in [-0.05, 0) is 43.2 Å². The summed E-state index contributed by atoms with van der Waals surface area (Å²) in [5, 5.41) is 0. The number of para-hydroxylation sites is 1. The van der Waals surface area contributed by atoms with Crippen molar-refractivity contribution in [2.24, 2.45) is 0 Å². The fourth-order valence-corrected chi connectivity index (χ4v) is 2.32. The summed E-state index contributed by atoms with van der Waals surface area (Å²) in [4.78, 5) is 14.1. The Morgan fingerprint density at radius 3 is 2.39 bits per heavy atom. The third kappa shape index (κ3) is 4.49. The summed E-state index contributed by atoms with van der Waals surface area (Å²) < 4.78 is 10.9.